The molecule has 2 heterocycles. The van der Waals surface area contributed by atoms with Gasteiger partial charge in [0.05, 0.1) is 24.7 Å². The lowest BCUT2D eigenvalue weighted by Gasteiger charge is -2.13. The minimum Gasteiger partial charge on any atom is -0.472 e. The Hall–Kier alpha value is -0.800. The SMILES string of the molecule is OC(CC1CCCO1)c1ccoc1. The van der Waals surface area contributed by atoms with Crippen molar-refractivity contribution >= 4 is 0 Å². The maximum atomic E-state index is 9.73. The number of rotatable bonds is 3. The van der Waals surface area contributed by atoms with Crippen LogP contribution in [0.5, 0.6) is 0 Å². The standard InChI is InChI=1S/C10H14O3/c11-10(8-3-5-12-7-8)6-9-2-1-4-13-9/h3,5,7,9-11H,1-2,4,6H2. The summed E-state index contributed by atoms with van der Waals surface area (Å²) in [5.74, 6) is 0. The fourth-order valence-corrected chi connectivity index (χ4v) is 1.68. The Bertz CT molecular complexity index is 237. The molecule has 2 unspecified atom stereocenters. The van der Waals surface area contributed by atoms with E-state index < -0.39 is 6.10 Å². The predicted molar refractivity (Wildman–Crippen MR) is 47.3 cm³/mol. The number of aliphatic hydroxyl groups excluding tert-OH is 1. The van der Waals surface area contributed by atoms with Crippen LogP contribution in [0, 0.1) is 0 Å². The molecule has 1 saturated heterocycles. The molecule has 72 valence electrons. The third-order valence-corrected chi connectivity index (χ3v) is 2.44. The van der Waals surface area contributed by atoms with Gasteiger partial charge in [-0.15, -0.1) is 0 Å². The molecule has 1 aliphatic heterocycles. The van der Waals surface area contributed by atoms with Gasteiger partial charge in [0.25, 0.3) is 0 Å². The highest BCUT2D eigenvalue weighted by Gasteiger charge is 2.20. The molecule has 0 saturated carbocycles. The Morgan fingerprint density at radius 1 is 1.62 bits per heavy atom. The van der Waals surface area contributed by atoms with E-state index in [4.69, 9.17) is 9.15 Å². The van der Waals surface area contributed by atoms with Crippen molar-refractivity contribution in [3.63, 3.8) is 0 Å². The number of ether oxygens (including phenoxy) is 1. The summed E-state index contributed by atoms with van der Waals surface area (Å²) in [4.78, 5) is 0. The van der Waals surface area contributed by atoms with Crippen LogP contribution in [0.15, 0.2) is 23.0 Å². The first-order valence-corrected chi connectivity index (χ1v) is 4.68. The third kappa shape index (κ3) is 2.11. The fraction of sp³-hybridized carbons (Fsp3) is 0.600. The molecule has 0 radical (unpaired) electrons. The smallest absolute Gasteiger partial charge is 0.0960 e. The van der Waals surface area contributed by atoms with Crippen LogP contribution >= 0.6 is 0 Å². The van der Waals surface area contributed by atoms with Crippen LogP contribution in [0.25, 0.3) is 0 Å². The Morgan fingerprint density at radius 2 is 2.54 bits per heavy atom. The molecule has 0 aromatic carbocycles. The molecule has 0 amide bonds. The van der Waals surface area contributed by atoms with E-state index >= 15 is 0 Å². The minimum atomic E-state index is -0.443. The number of furan rings is 1. The summed E-state index contributed by atoms with van der Waals surface area (Å²) in [7, 11) is 0. The van der Waals surface area contributed by atoms with E-state index in [1.165, 1.54) is 0 Å². The van der Waals surface area contributed by atoms with Crippen molar-refractivity contribution in [3.05, 3.63) is 24.2 Å². The topological polar surface area (TPSA) is 42.6 Å². The van der Waals surface area contributed by atoms with Gasteiger partial charge in [0.1, 0.15) is 0 Å². The van der Waals surface area contributed by atoms with Crippen LogP contribution in [-0.2, 0) is 4.74 Å². The molecule has 2 rings (SSSR count). The van der Waals surface area contributed by atoms with Gasteiger partial charge in [-0.25, -0.2) is 0 Å². The van der Waals surface area contributed by atoms with Gasteiger partial charge in [0.15, 0.2) is 0 Å². The van der Waals surface area contributed by atoms with Crippen LogP contribution in [-0.4, -0.2) is 17.8 Å². The van der Waals surface area contributed by atoms with E-state index in [-0.39, 0.29) is 6.10 Å². The molecular formula is C10H14O3. The summed E-state index contributed by atoms with van der Waals surface area (Å²) >= 11 is 0. The van der Waals surface area contributed by atoms with Gasteiger partial charge in [-0.1, -0.05) is 0 Å². The largest absolute Gasteiger partial charge is 0.472 e. The van der Waals surface area contributed by atoms with Gasteiger partial charge >= 0.3 is 0 Å². The molecule has 0 aliphatic carbocycles. The summed E-state index contributed by atoms with van der Waals surface area (Å²) in [6.07, 6.45) is 5.80. The van der Waals surface area contributed by atoms with E-state index in [2.05, 4.69) is 0 Å². The van der Waals surface area contributed by atoms with Crippen LogP contribution < -0.4 is 0 Å². The van der Waals surface area contributed by atoms with Crippen molar-refractivity contribution in [1.29, 1.82) is 0 Å². The van der Waals surface area contributed by atoms with Gasteiger partial charge < -0.3 is 14.3 Å². The second-order valence-corrected chi connectivity index (χ2v) is 3.44. The summed E-state index contributed by atoms with van der Waals surface area (Å²) in [5, 5.41) is 9.73. The summed E-state index contributed by atoms with van der Waals surface area (Å²) in [5.41, 5.74) is 0.843. The molecule has 3 heteroatoms. The zero-order valence-corrected chi connectivity index (χ0v) is 7.48. The number of aliphatic hydroxyl groups is 1. The molecule has 2 atom stereocenters. The zero-order chi connectivity index (χ0) is 9.10. The molecule has 1 fully saturated rings. The highest BCUT2D eigenvalue weighted by Crippen LogP contribution is 2.24. The average molecular weight is 182 g/mol. The molecule has 0 bridgehead atoms. The molecule has 1 aromatic rings. The van der Waals surface area contributed by atoms with Crippen molar-refractivity contribution in [1.82, 2.24) is 0 Å². The normalized spacial score (nSPS) is 24.8. The summed E-state index contributed by atoms with van der Waals surface area (Å²) in [6, 6.07) is 1.79. The van der Waals surface area contributed by atoms with Crippen molar-refractivity contribution in [3.8, 4) is 0 Å². The van der Waals surface area contributed by atoms with Gasteiger partial charge in [-0.2, -0.15) is 0 Å². The summed E-state index contributed by atoms with van der Waals surface area (Å²) in [6.45, 7) is 0.836. The van der Waals surface area contributed by atoms with E-state index in [9.17, 15) is 5.11 Å². The third-order valence-electron chi connectivity index (χ3n) is 2.44. The Kier molecular flexibility index (Phi) is 2.66. The highest BCUT2D eigenvalue weighted by molar-refractivity contribution is 5.09. The van der Waals surface area contributed by atoms with Crippen molar-refractivity contribution < 1.29 is 14.3 Å². The predicted octanol–water partition coefficient (Wildman–Crippen LogP) is 1.88. The molecule has 1 aromatic heterocycles. The lowest BCUT2D eigenvalue weighted by Crippen LogP contribution is -2.10. The first kappa shape index (κ1) is 8.78. The fourth-order valence-electron chi connectivity index (χ4n) is 1.68. The van der Waals surface area contributed by atoms with E-state index in [0.717, 1.165) is 25.0 Å². The number of hydrogen-bond acceptors (Lipinski definition) is 3. The second-order valence-electron chi connectivity index (χ2n) is 3.44. The van der Waals surface area contributed by atoms with E-state index in [0.29, 0.717) is 6.42 Å². The molecular weight excluding hydrogens is 168 g/mol. The van der Waals surface area contributed by atoms with Crippen molar-refractivity contribution in [2.75, 3.05) is 6.61 Å². The van der Waals surface area contributed by atoms with Gasteiger partial charge in [-0.3, -0.25) is 0 Å². The quantitative estimate of drug-likeness (QED) is 0.776. The molecule has 0 spiro atoms. The monoisotopic (exact) mass is 182 g/mol. The van der Waals surface area contributed by atoms with Crippen LogP contribution in [0.2, 0.25) is 0 Å². The first-order chi connectivity index (χ1) is 6.36. The van der Waals surface area contributed by atoms with Gasteiger partial charge in [-0.05, 0) is 18.9 Å². The highest BCUT2D eigenvalue weighted by atomic mass is 16.5. The zero-order valence-electron chi connectivity index (χ0n) is 7.48. The second kappa shape index (κ2) is 3.94. The molecule has 1 N–H and O–H groups in total. The van der Waals surface area contributed by atoms with Gasteiger partial charge in [0, 0.05) is 18.6 Å². The number of hydrogen-bond donors (Lipinski definition) is 1. The lowest BCUT2D eigenvalue weighted by molar-refractivity contribution is 0.0533. The Balaban J connectivity index is 1.87. The minimum absolute atomic E-state index is 0.227. The lowest BCUT2D eigenvalue weighted by atomic mass is 10.0. The first-order valence-electron chi connectivity index (χ1n) is 4.68. The molecule has 1 aliphatic rings. The van der Waals surface area contributed by atoms with Crippen molar-refractivity contribution in [2.45, 2.75) is 31.5 Å². The average Bonchev–Trinajstić information content (AvgIpc) is 2.74. The van der Waals surface area contributed by atoms with Gasteiger partial charge in [0.2, 0.25) is 0 Å². The maximum absolute atomic E-state index is 9.73. The van der Waals surface area contributed by atoms with E-state index in [1.807, 2.05) is 0 Å². The van der Waals surface area contributed by atoms with E-state index in [1.54, 1.807) is 18.6 Å². The van der Waals surface area contributed by atoms with Crippen LogP contribution in [0.3, 0.4) is 0 Å². The van der Waals surface area contributed by atoms with Crippen LogP contribution in [0.1, 0.15) is 30.9 Å². The van der Waals surface area contributed by atoms with Crippen molar-refractivity contribution in [2.24, 2.45) is 0 Å². The van der Waals surface area contributed by atoms with Crippen LogP contribution in [0.4, 0.5) is 0 Å². The Labute approximate surface area is 77.3 Å². The maximum Gasteiger partial charge on any atom is 0.0960 e. The Morgan fingerprint density at radius 3 is 3.15 bits per heavy atom. The summed E-state index contributed by atoms with van der Waals surface area (Å²) < 4.78 is 10.3. The molecule has 3 nitrogen and oxygen atoms in total. The molecule has 13 heavy (non-hydrogen) atoms.